The summed E-state index contributed by atoms with van der Waals surface area (Å²) in [6, 6.07) is 0.508. The maximum absolute atomic E-state index is 12.1. The second kappa shape index (κ2) is 11.1. The van der Waals surface area contributed by atoms with Gasteiger partial charge in [-0.15, -0.1) is 0 Å². The first-order valence-corrected chi connectivity index (χ1v) is 8.76. The van der Waals surface area contributed by atoms with Crippen LogP contribution in [0.5, 0.6) is 0 Å². The molecule has 0 bridgehead atoms. The van der Waals surface area contributed by atoms with Crippen LogP contribution in [0.2, 0.25) is 0 Å². The number of nitrogens with one attached hydrogen (secondary N) is 2. The molecule has 1 rings (SSSR count). The van der Waals surface area contributed by atoms with E-state index in [-0.39, 0.29) is 5.91 Å². The van der Waals surface area contributed by atoms with Gasteiger partial charge < -0.3 is 10.6 Å². The molecule has 0 spiro atoms. The lowest BCUT2D eigenvalue weighted by Gasteiger charge is -2.17. The average Bonchev–Trinajstić information content (AvgIpc) is 2.96. The maximum atomic E-state index is 12.1. The molecular weight excluding hydrogens is 248 g/mol. The number of rotatable bonds is 11. The van der Waals surface area contributed by atoms with Crippen LogP contribution < -0.4 is 10.6 Å². The SMILES string of the molecule is CCCCCC(CCCC)CC(=O)NCC1CCCN1. The standard InChI is InChI=1S/C17H34N2O/c1-3-5-7-10-15(9-6-4-2)13-17(20)19-14-16-11-8-12-18-16/h15-16,18H,3-14H2,1-2H3,(H,19,20). The Balaban J connectivity index is 2.20. The minimum atomic E-state index is 0.260. The van der Waals surface area contributed by atoms with Gasteiger partial charge in [0.1, 0.15) is 0 Å². The van der Waals surface area contributed by atoms with E-state index >= 15 is 0 Å². The van der Waals surface area contributed by atoms with Gasteiger partial charge in [-0.3, -0.25) is 4.79 Å². The second-order valence-corrected chi connectivity index (χ2v) is 6.31. The molecule has 1 amide bonds. The van der Waals surface area contributed by atoms with Crippen LogP contribution in [0.1, 0.15) is 78.1 Å². The van der Waals surface area contributed by atoms with Crippen molar-refractivity contribution in [1.82, 2.24) is 10.6 Å². The van der Waals surface area contributed by atoms with Crippen molar-refractivity contribution in [2.24, 2.45) is 5.92 Å². The summed E-state index contributed by atoms with van der Waals surface area (Å²) in [6.45, 7) is 6.39. The lowest BCUT2D eigenvalue weighted by atomic mass is 9.92. The largest absolute Gasteiger partial charge is 0.355 e. The molecule has 0 aliphatic carbocycles. The Morgan fingerprint density at radius 3 is 2.60 bits per heavy atom. The van der Waals surface area contributed by atoms with E-state index in [0.29, 0.717) is 12.0 Å². The zero-order valence-electron chi connectivity index (χ0n) is 13.5. The third-order valence-corrected chi connectivity index (χ3v) is 4.36. The Bertz CT molecular complexity index is 249. The minimum absolute atomic E-state index is 0.260. The van der Waals surface area contributed by atoms with Crippen LogP contribution in [-0.4, -0.2) is 25.0 Å². The summed E-state index contributed by atoms with van der Waals surface area (Å²) < 4.78 is 0. The maximum Gasteiger partial charge on any atom is 0.220 e. The van der Waals surface area contributed by atoms with Gasteiger partial charge in [0.15, 0.2) is 0 Å². The van der Waals surface area contributed by atoms with E-state index in [2.05, 4.69) is 24.5 Å². The lowest BCUT2D eigenvalue weighted by Crippen LogP contribution is -2.37. The van der Waals surface area contributed by atoms with Crippen molar-refractivity contribution in [1.29, 1.82) is 0 Å². The van der Waals surface area contributed by atoms with Crippen molar-refractivity contribution in [2.75, 3.05) is 13.1 Å². The number of hydrogen-bond donors (Lipinski definition) is 2. The van der Waals surface area contributed by atoms with E-state index in [1.54, 1.807) is 0 Å². The van der Waals surface area contributed by atoms with E-state index in [1.165, 1.54) is 57.8 Å². The number of carbonyl (C=O) groups is 1. The van der Waals surface area contributed by atoms with Gasteiger partial charge in [-0.2, -0.15) is 0 Å². The third kappa shape index (κ3) is 7.88. The topological polar surface area (TPSA) is 41.1 Å². The lowest BCUT2D eigenvalue weighted by molar-refractivity contribution is -0.122. The van der Waals surface area contributed by atoms with Gasteiger partial charge in [0, 0.05) is 19.0 Å². The molecular formula is C17H34N2O. The van der Waals surface area contributed by atoms with Crippen LogP contribution in [0.15, 0.2) is 0 Å². The van der Waals surface area contributed by atoms with Crippen molar-refractivity contribution in [3.05, 3.63) is 0 Å². The fourth-order valence-corrected chi connectivity index (χ4v) is 3.03. The van der Waals surface area contributed by atoms with Gasteiger partial charge in [-0.1, -0.05) is 46.0 Å². The van der Waals surface area contributed by atoms with Gasteiger partial charge in [-0.05, 0) is 38.1 Å². The van der Waals surface area contributed by atoms with Crippen molar-refractivity contribution in [3.63, 3.8) is 0 Å². The van der Waals surface area contributed by atoms with Gasteiger partial charge in [0.05, 0.1) is 0 Å². The third-order valence-electron chi connectivity index (χ3n) is 4.36. The normalized spacial score (nSPS) is 20.0. The smallest absolute Gasteiger partial charge is 0.220 e. The van der Waals surface area contributed by atoms with E-state index < -0.39 is 0 Å². The molecule has 1 aliphatic heterocycles. The molecule has 2 unspecified atom stereocenters. The van der Waals surface area contributed by atoms with Crippen molar-refractivity contribution >= 4 is 5.91 Å². The summed E-state index contributed by atoms with van der Waals surface area (Å²) in [5, 5.41) is 6.55. The Labute approximate surface area is 125 Å². The molecule has 2 atom stereocenters. The zero-order valence-corrected chi connectivity index (χ0v) is 13.5. The summed E-state index contributed by atoms with van der Waals surface area (Å²) in [5.41, 5.74) is 0. The summed E-state index contributed by atoms with van der Waals surface area (Å²) in [7, 11) is 0. The second-order valence-electron chi connectivity index (χ2n) is 6.31. The quantitative estimate of drug-likeness (QED) is 0.568. The molecule has 0 saturated carbocycles. The van der Waals surface area contributed by atoms with E-state index in [4.69, 9.17) is 0 Å². The highest BCUT2D eigenvalue weighted by Crippen LogP contribution is 2.20. The first-order valence-electron chi connectivity index (χ1n) is 8.76. The highest BCUT2D eigenvalue weighted by molar-refractivity contribution is 5.76. The van der Waals surface area contributed by atoms with Crippen LogP contribution in [-0.2, 0) is 4.79 Å². The molecule has 20 heavy (non-hydrogen) atoms. The van der Waals surface area contributed by atoms with Gasteiger partial charge >= 0.3 is 0 Å². The predicted molar refractivity (Wildman–Crippen MR) is 85.8 cm³/mol. The number of carbonyl (C=O) groups excluding carboxylic acids is 1. The molecule has 2 N–H and O–H groups in total. The fourth-order valence-electron chi connectivity index (χ4n) is 3.03. The highest BCUT2D eigenvalue weighted by Gasteiger charge is 2.17. The van der Waals surface area contributed by atoms with Gasteiger partial charge in [0.25, 0.3) is 0 Å². The Hall–Kier alpha value is -0.570. The molecule has 118 valence electrons. The number of unbranched alkanes of at least 4 members (excludes halogenated alkanes) is 3. The molecule has 0 aromatic heterocycles. The van der Waals surface area contributed by atoms with Crippen LogP contribution >= 0.6 is 0 Å². The fraction of sp³-hybridized carbons (Fsp3) is 0.941. The molecule has 3 heteroatoms. The summed E-state index contributed by atoms with van der Waals surface area (Å²) in [6.07, 6.45) is 12.0. The van der Waals surface area contributed by atoms with E-state index in [1.807, 2.05) is 0 Å². The highest BCUT2D eigenvalue weighted by atomic mass is 16.1. The van der Waals surface area contributed by atoms with Crippen LogP contribution in [0.4, 0.5) is 0 Å². The number of amides is 1. The first kappa shape index (κ1) is 17.5. The molecule has 1 saturated heterocycles. The van der Waals surface area contributed by atoms with Crippen molar-refractivity contribution in [3.8, 4) is 0 Å². The molecule has 0 aromatic rings. The van der Waals surface area contributed by atoms with Gasteiger partial charge in [0.2, 0.25) is 5.91 Å². The summed E-state index contributed by atoms with van der Waals surface area (Å²) in [4.78, 5) is 12.1. The van der Waals surface area contributed by atoms with E-state index in [9.17, 15) is 4.79 Å². The van der Waals surface area contributed by atoms with Gasteiger partial charge in [-0.25, -0.2) is 0 Å². The summed E-state index contributed by atoms with van der Waals surface area (Å²) in [5.74, 6) is 0.856. The Morgan fingerprint density at radius 1 is 1.20 bits per heavy atom. The van der Waals surface area contributed by atoms with Crippen LogP contribution in [0, 0.1) is 5.92 Å². The van der Waals surface area contributed by atoms with Crippen LogP contribution in [0.3, 0.4) is 0 Å². The molecule has 1 fully saturated rings. The monoisotopic (exact) mass is 282 g/mol. The summed E-state index contributed by atoms with van der Waals surface area (Å²) >= 11 is 0. The molecule has 3 nitrogen and oxygen atoms in total. The van der Waals surface area contributed by atoms with Crippen molar-refractivity contribution in [2.45, 2.75) is 84.1 Å². The van der Waals surface area contributed by atoms with E-state index in [0.717, 1.165) is 19.5 Å². The predicted octanol–water partition coefficient (Wildman–Crippen LogP) is 3.63. The van der Waals surface area contributed by atoms with Crippen molar-refractivity contribution < 1.29 is 4.79 Å². The Kier molecular flexibility index (Phi) is 9.73. The average molecular weight is 282 g/mol. The molecule has 1 heterocycles. The number of hydrogen-bond acceptors (Lipinski definition) is 2. The zero-order chi connectivity index (χ0) is 14.6. The van der Waals surface area contributed by atoms with Crippen LogP contribution in [0.25, 0.3) is 0 Å². The minimum Gasteiger partial charge on any atom is -0.355 e. The molecule has 0 radical (unpaired) electrons. The Morgan fingerprint density at radius 2 is 1.95 bits per heavy atom. The first-order chi connectivity index (χ1) is 9.76. The molecule has 1 aliphatic rings. The molecule has 0 aromatic carbocycles.